The zero-order chi connectivity index (χ0) is 5.98. The van der Waals surface area contributed by atoms with Gasteiger partial charge in [0.2, 0.25) is 0 Å². The summed E-state index contributed by atoms with van der Waals surface area (Å²) in [5, 5.41) is 2.67. The molecule has 0 unspecified atom stereocenters. The number of carbonyl (C=O) groups is 1. The number of amides is 2. The fourth-order valence-corrected chi connectivity index (χ4v) is 0.724. The maximum absolute atomic E-state index is 10.6. The molecule has 1 saturated heterocycles. The molecule has 1 N–H and O–H groups in total. The third kappa shape index (κ3) is 0.710. The minimum atomic E-state index is 0.0139. The highest BCUT2D eigenvalue weighted by atomic mass is 16.2. The van der Waals surface area contributed by atoms with Crippen LogP contribution < -0.4 is 5.32 Å². The number of rotatable bonds is 1. The number of nitrogens with zero attached hydrogens (tertiary/aromatic N) is 1. The van der Waals surface area contributed by atoms with Crippen molar-refractivity contribution < 1.29 is 4.79 Å². The second kappa shape index (κ2) is 1.94. The summed E-state index contributed by atoms with van der Waals surface area (Å²) in [6.07, 6.45) is 0. The first-order valence-corrected chi connectivity index (χ1v) is 2.66. The standard InChI is InChI=1S/C5H8N2O/c1-2-7-4-3-6-5(7)8/h1-4H2/p+1. The molecule has 0 aliphatic carbocycles. The fourth-order valence-electron chi connectivity index (χ4n) is 0.724. The van der Waals surface area contributed by atoms with Crippen molar-refractivity contribution in [2.75, 3.05) is 19.6 Å². The first-order valence-electron chi connectivity index (χ1n) is 2.66. The summed E-state index contributed by atoms with van der Waals surface area (Å²) in [5.74, 6) is 0. The van der Waals surface area contributed by atoms with Gasteiger partial charge in [0.05, 0.1) is 6.92 Å². The third-order valence-electron chi connectivity index (χ3n) is 1.22. The molecular weight excluding hydrogens is 104 g/mol. The normalized spacial score (nSPS) is 19.0. The molecule has 0 aromatic carbocycles. The van der Waals surface area contributed by atoms with Crippen LogP contribution in [0.25, 0.3) is 0 Å². The lowest BCUT2D eigenvalue weighted by Crippen LogP contribution is -2.27. The van der Waals surface area contributed by atoms with Crippen molar-refractivity contribution >= 4 is 6.03 Å². The van der Waals surface area contributed by atoms with Gasteiger partial charge in [0.1, 0.15) is 0 Å². The van der Waals surface area contributed by atoms with Gasteiger partial charge in [-0.1, -0.05) is 0 Å². The van der Waals surface area contributed by atoms with Crippen molar-refractivity contribution in [1.82, 2.24) is 10.2 Å². The van der Waals surface area contributed by atoms with E-state index in [4.69, 9.17) is 0 Å². The third-order valence-corrected chi connectivity index (χ3v) is 1.22. The van der Waals surface area contributed by atoms with E-state index in [-0.39, 0.29) is 6.03 Å². The van der Waals surface area contributed by atoms with Crippen LogP contribution in [0.5, 0.6) is 0 Å². The average molecular weight is 113 g/mol. The molecular formula is C5H9N2O+. The summed E-state index contributed by atoms with van der Waals surface area (Å²) in [4.78, 5) is 12.2. The van der Waals surface area contributed by atoms with E-state index >= 15 is 0 Å². The van der Waals surface area contributed by atoms with Crippen LogP contribution in [-0.4, -0.2) is 30.6 Å². The van der Waals surface area contributed by atoms with Gasteiger partial charge < -0.3 is 5.32 Å². The maximum atomic E-state index is 10.6. The largest absolute Gasteiger partial charge is 0.336 e. The van der Waals surface area contributed by atoms with E-state index in [1.54, 1.807) is 4.90 Å². The number of urea groups is 1. The quantitative estimate of drug-likeness (QED) is 0.471. The van der Waals surface area contributed by atoms with Crippen LogP contribution in [0.3, 0.4) is 0 Å². The van der Waals surface area contributed by atoms with Crippen molar-refractivity contribution in [2.45, 2.75) is 0 Å². The molecule has 0 bridgehead atoms. The van der Waals surface area contributed by atoms with E-state index in [1.165, 1.54) is 0 Å². The van der Waals surface area contributed by atoms with Crippen molar-refractivity contribution in [3.63, 3.8) is 0 Å². The fraction of sp³-hybridized carbons (Fsp3) is 0.600. The molecule has 0 spiro atoms. The molecule has 1 aliphatic heterocycles. The number of hydrogen-bond acceptors (Lipinski definition) is 1. The molecule has 1 rings (SSSR count). The molecule has 3 heteroatoms. The van der Waals surface area contributed by atoms with Crippen LogP contribution in [0.2, 0.25) is 0 Å². The smallest absolute Gasteiger partial charge is 0.320 e. The minimum absolute atomic E-state index is 0.0139. The van der Waals surface area contributed by atoms with Crippen LogP contribution in [0.4, 0.5) is 4.79 Å². The Morgan fingerprint density at radius 3 is 2.88 bits per heavy atom. The van der Waals surface area contributed by atoms with Crippen LogP contribution in [-0.2, 0) is 0 Å². The molecule has 0 atom stereocenters. The molecule has 0 aromatic heterocycles. The molecule has 44 valence electrons. The van der Waals surface area contributed by atoms with Gasteiger partial charge in [0, 0.05) is 13.1 Å². The van der Waals surface area contributed by atoms with Crippen molar-refractivity contribution in [3.05, 3.63) is 6.92 Å². The Hall–Kier alpha value is -0.860. The Morgan fingerprint density at radius 1 is 1.88 bits per heavy atom. The monoisotopic (exact) mass is 113 g/mol. The number of carbonyl (C=O) groups excluding carboxylic acids is 1. The highest BCUT2D eigenvalue weighted by molar-refractivity contribution is 5.76. The van der Waals surface area contributed by atoms with Crippen LogP contribution in [0.15, 0.2) is 0 Å². The Bertz CT molecular complexity index is 103. The molecule has 1 heterocycles. The predicted octanol–water partition coefficient (Wildman–Crippen LogP) is -0.154. The first-order chi connectivity index (χ1) is 3.84. The summed E-state index contributed by atoms with van der Waals surface area (Å²) in [6, 6.07) is 0.0139. The Morgan fingerprint density at radius 2 is 2.62 bits per heavy atom. The van der Waals surface area contributed by atoms with Gasteiger partial charge >= 0.3 is 6.03 Å². The summed E-state index contributed by atoms with van der Waals surface area (Å²) in [6.45, 7) is 5.74. The number of hydrogen-bond donors (Lipinski definition) is 1. The van der Waals surface area contributed by atoms with E-state index in [0.717, 1.165) is 13.1 Å². The van der Waals surface area contributed by atoms with E-state index in [1.807, 2.05) is 0 Å². The van der Waals surface area contributed by atoms with Gasteiger partial charge in [-0.05, 0) is 0 Å². The molecule has 0 radical (unpaired) electrons. The molecule has 1 aliphatic rings. The van der Waals surface area contributed by atoms with Crippen molar-refractivity contribution in [1.29, 1.82) is 0 Å². The second-order valence-corrected chi connectivity index (χ2v) is 1.72. The van der Waals surface area contributed by atoms with Crippen LogP contribution >= 0.6 is 0 Å². The molecule has 8 heavy (non-hydrogen) atoms. The SMILES string of the molecule is [CH2+]CN1CCNC1=O. The second-order valence-electron chi connectivity index (χ2n) is 1.72. The summed E-state index contributed by atoms with van der Waals surface area (Å²) in [7, 11) is 0. The zero-order valence-corrected chi connectivity index (χ0v) is 4.68. The van der Waals surface area contributed by atoms with E-state index in [9.17, 15) is 4.79 Å². The van der Waals surface area contributed by atoms with Crippen LogP contribution in [0.1, 0.15) is 0 Å². The van der Waals surface area contributed by atoms with Gasteiger partial charge in [0.15, 0.2) is 6.54 Å². The van der Waals surface area contributed by atoms with Gasteiger partial charge in [-0.25, -0.2) is 4.79 Å². The lowest BCUT2D eigenvalue weighted by atomic mass is 10.6. The molecule has 0 saturated carbocycles. The average Bonchev–Trinajstić information content (AvgIpc) is 2.14. The summed E-state index contributed by atoms with van der Waals surface area (Å²) in [5.41, 5.74) is 0. The Labute approximate surface area is 48.7 Å². The van der Waals surface area contributed by atoms with Gasteiger partial charge in [-0.15, -0.1) is 0 Å². The molecule has 2 amide bonds. The topological polar surface area (TPSA) is 32.3 Å². The number of nitrogens with one attached hydrogen (secondary N) is 1. The van der Waals surface area contributed by atoms with E-state index < -0.39 is 0 Å². The predicted molar refractivity (Wildman–Crippen MR) is 30.3 cm³/mol. The zero-order valence-electron chi connectivity index (χ0n) is 4.68. The van der Waals surface area contributed by atoms with Crippen molar-refractivity contribution in [2.24, 2.45) is 0 Å². The highest BCUT2D eigenvalue weighted by Gasteiger charge is 2.18. The maximum Gasteiger partial charge on any atom is 0.320 e. The van der Waals surface area contributed by atoms with Gasteiger partial charge in [-0.2, -0.15) is 0 Å². The van der Waals surface area contributed by atoms with Gasteiger partial charge in [0.25, 0.3) is 0 Å². The molecule has 0 aromatic rings. The van der Waals surface area contributed by atoms with Crippen LogP contribution in [0, 0.1) is 6.92 Å². The summed E-state index contributed by atoms with van der Waals surface area (Å²) < 4.78 is 0. The highest BCUT2D eigenvalue weighted by Crippen LogP contribution is 1.92. The van der Waals surface area contributed by atoms with E-state index in [2.05, 4.69) is 12.2 Å². The Balaban J connectivity index is 2.42. The first kappa shape index (κ1) is 5.28. The lowest BCUT2D eigenvalue weighted by molar-refractivity contribution is 0.221. The molecule has 3 nitrogen and oxygen atoms in total. The van der Waals surface area contributed by atoms with Crippen molar-refractivity contribution in [3.8, 4) is 0 Å². The Kier molecular flexibility index (Phi) is 1.28. The molecule has 1 fully saturated rings. The minimum Gasteiger partial charge on any atom is -0.336 e. The van der Waals surface area contributed by atoms with Gasteiger partial charge in [-0.3, -0.25) is 4.90 Å². The van der Waals surface area contributed by atoms with E-state index in [0.29, 0.717) is 6.54 Å². The lowest BCUT2D eigenvalue weighted by Gasteiger charge is -2.03. The summed E-state index contributed by atoms with van der Waals surface area (Å²) >= 11 is 0.